The quantitative estimate of drug-likeness (QED) is 0.868. The fourth-order valence-corrected chi connectivity index (χ4v) is 2.75. The van der Waals surface area contributed by atoms with E-state index in [0.29, 0.717) is 12.3 Å². The lowest BCUT2D eigenvalue weighted by Gasteiger charge is -2.25. The molecule has 0 unspecified atom stereocenters. The van der Waals surface area contributed by atoms with E-state index in [0.717, 1.165) is 17.0 Å². The maximum atomic E-state index is 12.0. The zero-order chi connectivity index (χ0) is 17.0. The first-order valence-electron chi connectivity index (χ1n) is 7.59. The molecule has 0 spiro atoms. The lowest BCUT2D eigenvalue weighted by atomic mass is 9.85. The van der Waals surface area contributed by atoms with Crippen molar-refractivity contribution in [2.75, 3.05) is 13.6 Å². The standard InChI is InChI=1S/C17H22ClN3O2/c1-17(2,10-12-5-4-6-13(18)7-12)11-19-15(22)8-14-9-16(23)21(3)20-14/h4-7H,8-11H2,1-3H3,(H,19,22). The van der Waals surface area contributed by atoms with Crippen molar-refractivity contribution in [1.82, 2.24) is 10.3 Å². The highest BCUT2D eigenvalue weighted by Gasteiger charge is 2.24. The molecule has 0 radical (unpaired) electrons. The molecule has 1 aromatic carbocycles. The number of hydrogen-bond acceptors (Lipinski definition) is 3. The molecule has 0 atom stereocenters. The molecule has 1 aromatic rings. The molecular weight excluding hydrogens is 314 g/mol. The average Bonchev–Trinajstić information content (AvgIpc) is 2.74. The van der Waals surface area contributed by atoms with Crippen LogP contribution in [0.25, 0.3) is 0 Å². The number of carbonyl (C=O) groups is 2. The molecule has 23 heavy (non-hydrogen) atoms. The summed E-state index contributed by atoms with van der Waals surface area (Å²) in [4.78, 5) is 23.4. The molecule has 0 fully saturated rings. The number of rotatable bonds is 6. The van der Waals surface area contributed by atoms with Gasteiger partial charge >= 0.3 is 0 Å². The van der Waals surface area contributed by atoms with Crippen molar-refractivity contribution in [3.8, 4) is 0 Å². The van der Waals surface area contributed by atoms with Crippen LogP contribution >= 0.6 is 11.6 Å². The van der Waals surface area contributed by atoms with Gasteiger partial charge in [0.25, 0.3) is 0 Å². The van der Waals surface area contributed by atoms with Gasteiger partial charge < -0.3 is 5.32 Å². The zero-order valence-electron chi connectivity index (χ0n) is 13.7. The first kappa shape index (κ1) is 17.5. The normalized spacial score (nSPS) is 14.9. The molecule has 0 aliphatic carbocycles. The van der Waals surface area contributed by atoms with E-state index >= 15 is 0 Å². The third kappa shape index (κ3) is 5.36. The van der Waals surface area contributed by atoms with Crippen LogP contribution in [0.5, 0.6) is 0 Å². The summed E-state index contributed by atoms with van der Waals surface area (Å²) < 4.78 is 0. The van der Waals surface area contributed by atoms with Crippen molar-refractivity contribution in [1.29, 1.82) is 0 Å². The van der Waals surface area contributed by atoms with Gasteiger partial charge in [-0.15, -0.1) is 0 Å². The Morgan fingerprint density at radius 1 is 1.43 bits per heavy atom. The second kappa shape index (κ2) is 7.13. The first-order chi connectivity index (χ1) is 10.7. The van der Waals surface area contributed by atoms with Gasteiger partial charge in [-0.3, -0.25) is 9.59 Å². The minimum absolute atomic E-state index is 0.0749. The predicted molar refractivity (Wildman–Crippen MR) is 91.4 cm³/mol. The van der Waals surface area contributed by atoms with E-state index in [9.17, 15) is 9.59 Å². The number of carbonyl (C=O) groups excluding carboxylic acids is 2. The molecule has 2 rings (SSSR count). The van der Waals surface area contributed by atoms with Crippen LogP contribution in [0.4, 0.5) is 0 Å². The minimum Gasteiger partial charge on any atom is -0.355 e. The number of halogens is 1. The van der Waals surface area contributed by atoms with Crippen LogP contribution in [-0.4, -0.2) is 36.1 Å². The van der Waals surface area contributed by atoms with Crippen LogP contribution in [-0.2, 0) is 16.0 Å². The molecule has 0 saturated heterocycles. The summed E-state index contributed by atoms with van der Waals surface area (Å²) in [5.41, 5.74) is 1.66. The Morgan fingerprint density at radius 2 is 2.17 bits per heavy atom. The van der Waals surface area contributed by atoms with Crippen LogP contribution in [0.3, 0.4) is 0 Å². The fourth-order valence-electron chi connectivity index (χ4n) is 2.54. The molecule has 1 heterocycles. The second-order valence-corrected chi connectivity index (χ2v) is 7.12. The van der Waals surface area contributed by atoms with Gasteiger partial charge in [-0.25, -0.2) is 5.01 Å². The summed E-state index contributed by atoms with van der Waals surface area (Å²) >= 11 is 6.01. The lowest BCUT2D eigenvalue weighted by Crippen LogP contribution is -2.36. The SMILES string of the molecule is CN1N=C(CC(=O)NCC(C)(C)Cc2cccc(Cl)c2)CC1=O. The number of benzene rings is 1. The Kier molecular flexibility index (Phi) is 5.42. The highest BCUT2D eigenvalue weighted by atomic mass is 35.5. The van der Waals surface area contributed by atoms with Crippen LogP contribution in [0, 0.1) is 5.41 Å². The van der Waals surface area contributed by atoms with Gasteiger partial charge in [0, 0.05) is 18.6 Å². The molecule has 1 aliphatic rings. The van der Waals surface area contributed by atoms with Crippen LogP contribution in [0.1, 0.15) is 32.3 Å². The number of hydrazone groups is 1. The second-order valence-electron chi connectivity index (χ2n) is 6.68. The Balaban J connectivity index is 1.83. The van der Waals surface area contributed by atoms with E-state index in [1.807, 2.05) is 24.3 Å². The van der Waals surface area contributed by atoms with Crippen LogP contribution < -0.4 is 5.32 Å². The summed E-state index contributed by atoms with van der Waals surface area (Å²) in [5, 5.41) is 8.99. The lowest BCUT2D eigenvalue weighted by molar-refractivity contribution is -0.127. The Morgan fingerprint density at radius 3 is 2.78 bits per heavy atom. The molecule has 6 heteroatoms. The molecule has 5 nitrogen and oxygen atoms in total. The molecule has 1 aliphatic heterocycles. The van der Waals surface area contributed by atoms with Crippen molar-refractivity contribution in [2.45, 2.75) is 33.1 Å². The third-order valence-electron chi connectivity index (χ3n) is 3.71. The predicted octanol–water partition coefficient (Wildman–Crippen LogP) is 2.63. The van der Waals surface area contributed by atoms with Gasteiger partial charge in [-0.2, -0.15) is 5.10 Å². The summed E-state index contributed by atoms with van der Waals surface area (Å²) in [6.07, 6.45) is 1.22. The number of hydrogen-bond donors (Lipinski definition) is 1. The van der Waals surface area contributed by atoms with Gasteiger partial charge in [-0.05, 0) is 29.5 Å². The van der Waals surface area contributed by atoms with Crippen LogP contribution in [0.15, 0.2) is 29.4 Å². The largest absolute Gasteiger partial charge is 0.355 e. The topological polar surface area (TPSA) is 61.8 Å². The summed E-state index contributed by atoms with van der Waals surface area (Å²) in [6.45, 7) is 4.74. The summed E-state index contributed by atoms with van der Waals surface area (Å²) in [7, 11) is 1.60. The number of amides is 2. The van der Waals surface area contributed by atoms with Gasteiger partial charge in [0.15, 0.2) is 0 Å². The molecule has 0 saturated carbocycles. The molecule has 0 aromatic heterocycles. The van der Waals surface area contributed by atoms with Crippen molar-refractivity contribution in [3.63, 3.8) is 0 Å². The van der Waals surface area contributed by atoms with Crippen molar-refractivity contribution in [2.24, 2.45) is 10.5 Å². The molecule has 2 amide bonds. The Bertz CT molecular complexity index is 640. The van der Waals surface area contributed by atoms with E-state index < -0.39 is 0 Å². The summed E-state index contributed by atoms with van der Waals surface area (Å²) in [6, 6.07) is 7.75. The fraction of sp³-hybridized carbons (Fsp3) is 0.471. The molecule has 124 valence electrons. The van der Waals surface area contributed by atoms with Gasteiger partial charge in [0.2, 0.25) is 11.8 Å². The average molecular weight is 336 g/mol. The van der Waals surface area contributed by atoms with Gasteiger partial charge in [-0.1, -0.05) is 37.6 Å². The Hall–Kier alpha value is -1.88. The summed E-state index contributed by atoms with van der Waals surface area (Å²) in [5.74, 6) is -0.180. The van der Waals surface area contributed by atoms with E-state index in [2.05, 4.69) is 24.3 Å². The van der Waals surface area contributed by atoms with Crippen LogP contribution in [0.2, 0.25) is 5.02 Å². The van der Waals surface area contributed by atoms with E-state index in [4.69, 9.17) is 11.6 Å². The van der Waals surface area contributed by atoms with Gasteiger partial charge in [0.05, 0.1) is 18.6 Å². The molecule has 1 N–H and O–H groups in total. The molecule has 0 bridgehead atoms. The Labute approximate surface area is 141 Å². The highest BCUT2D eigenvalue weighted by Crippen LogP contribution is 2.23. The maximum absolute atomic E-state index is 12.0. The first-order valence-corrected chi connectivity index (χ1v) is 7.97. The number of nitrogens with zero attached hydrogens (tertiary/aromatic N) is 2. The van der Waals surface area contributed by atoms with Crippen molar-refractivity contribution >= 4 is 29.1 Å². The van der Waals surface area contributed by atoms with Crippen molar-refractivity contribution in [3.05, 3.63) is 34.9 Å². The van der Waals surface area contributed by atoms with Gasteiger partial charge in [0.1, 0.15) is 0 Å². The highest BCUT2D eigenvalue weighted by molar-refractivity contribution is 6.30. The third-order valence-corrected chi connectivity index (χ3v) is 3.94. The monoisotopic (exact) mass is 335 g/mol. The molecular formula is C17H22ClN3O2. The zero-order valence-corrected chi connectivity index (χ0v) is 14.5. The van der Waals surface area contributed by atoms with E-state index in [1.165, 1.54) is 5.01 Å². The van der Waals surface area contributed by atoms with Crippen molar-refractivity contribution < 1.29 is 9.59 Å². The minimum atomic E-state index is -0.106. The smallest absolute Gasteiger partial charge is 0.248 e. The van der Waals surface area contributed by atoms with E-state index in [-0.39, 0.29) is 30.1 Å². The number of nitrogens with one attached hydrogen (secondary N) is 1. The maximum Gasteiger partial charge on any atom is 0.248 e. The van der Waals surface area contributed by atoms with E-state index in [1.54, 1.807) is 7.05 Å².